The monoisotopic (exact) mass is 249 g/mol. The second-order valence-corrected chi connectivity index (χ2v) is 3.36. The van der Waals surface area contributed by atoms with Gasteiger partial charge in [0.1, 0.15) is 6.04 Å². The summed E-state index contributed by atoms with van der Waals surface area (Å²) in [6.45, 7) is -0.950. The molecule has 0 heterocycles. The van der Waals surface area contributed by atoms with E-state index < -0.39 is 30.6 Å². The van der Waals surface area contributed by atoms with E-state index in [1.165, 1.54) is 0 Å². The molecule has 0 aromatic rings. The highest BCUT2D eigenvalue weighted by molar-refractivity contribution is 5.74. The molecule has 0 aromatic heterocycles. The predicted octanol–water partition coefficient (Wildman–Crippen LogP) is -1.32. The van der Waals surface area contributed by atoms with Gasteiger partial charge in [-0.2, -0.15) is 0 Å². The number of carbonyl (C=O) groups is 3. The van der Waals surface area contributed by atoms with Crippen molar-refractivity contribution in [3.05, 3.63) is 0 Å². The average molecular weight is 249 g/mol. The van der Waals surface area contributed by atoms with Crippen LogP contribution in [0.25, 0.3) is 0 Å². The second-order valence-electron chi connectivity index (χ2n) is 3.36. The van der Waals surface area contributed by atoms with Crippen LogP contribution in [0.3, 0.4) is 0 Å². The smallest absolute Gasteiger partial charge is 0.323 e. The van der Waals surface area contributed by atoms with Crippen molar-refractivity contribution in [2.45, 2.75) is 18.9 Å². The maximum absolute atomic E-state index is 10.8. The Labute approximate surface area is 97.1 Å². The van der Waals surface area contributed by atoms with Crippen molar-refractivity contribution in [2.75, 3.05) is 19.7 Å². The third kappa shape index (κ3) is 6.48. The first kappa shape index (κ1) is 15.3. The lowest BCUT2D eigenvalue weighted by Crippen LogP contribution is -2.45. The van der Waals surface area contributed by atoms with Gasteiger partial charge in [0.2, 0.25) is 0 Å². The summed E-state index contributed by atoms with van der Waals surface area (Å²) in [5, 5.41) is 34.6. The summed E-state index contributed by atoms with van der Waals surface area (Å²) in [6.07, 6.45) is -0.632. The molecular weight excluding hydrogens is 234 g/mol. The quantitative estimate of drug-likeness (QED) is 0.395. The predicted molar refractivity (Wildman–Crippen MR) is 54.6 cm³/mol. The number of hydrogen-bond donors (Lipinski definition) is 4. The van der Waals surface area contributed by atoms with E-state index in [1.807, 2.05) is 0 Å². The second kappa shape index (κ2) is 7.58. The summed E-state index contributed by atoms with van der Waals surface area (Å²) in [5.74, 6) is -3.55. The molecule has 0 fully saturated rings. The van der Waals surface area contributed by atoms with Crippen LogP contribution in [0.15, 0.2) is 0 Å². The first-order valence-electron chi connectivity index (χ1n) is 4.89. The SMILES string of the molecule is O=C(O)CCN(CCC(=O)O)[C@@H](CO)C(=O)O. The van der Waals surface area contributed by atoms with Crippen LogP contribution in [-0.4, -0.2) is 69.0 Å². The van der Waals surface area contributed by atoms with Gasteiger partial charge in [0.15, 0.2) is 0 Å². The van der Waals surface area contributed by atoms with Crippen LogP contribution in [0.1, 0.15) is 12.8 Å². The Balaban J connectivity index is 4.50. The number of carboxylic acids is 3. The molecule has 0 aliphatic carbocycles. The van der Waals surface area contributed by atoms with Gasteiger partial charge in [-0.15, -0.1) is 0 Å². The minimum Gasteiger partial charge on any atom is -0.481 e. The fourth-order valence-electron chi connectivity index (χ4n) is 1.25. The van der Waals surface area contributed by atoms with E-state index >= 15 is 0 Å². The fourth-order valence-corrected chi connectivity index (χ4v) is 1.25. The Bertz CT molecular complexity index is 273. The zero-order valence-electron chi connectivity index (χ0n) is 9.07. The van der Waals surface area contributed by atoms with Gasteiger partial charge < -0.3 is 20.4 Å². The molecule has 0 saturated heterocycles. The lowest BCUT2D eigenvalue weighted by atomic mass is 10.2. The van der Waals surface area contributed by atoms with Crippen LogP contribution in [0.5, 0.6) is 0 Å². The highest BCUT2D eigenvalue weighted by Crippen LogP contribution is 2.03. The first-order chi connectivity index (χ1) is 7.88. The molecule has 98 valence electrons. The Morgan fingerprint density at radius 1 is 0.941 bits per heavy atom. The topological polar surface area (TPSA) is 135 Å². The number of aliphatic carboxylic acids is 3. The number of aliphatic hydroxyl groups is 1. The van der Waals surface area contributed by atoms with Crippen molar-refractivity contribution in [3.63, 3.8) is 0 Å². The zero-order valence-corrected chi connectivity index (χ0v) is 9.07. The molecule has 0 unspecified atom stereocenters. The highest BCUT2D eigenvalue weighted by atomic mass is 16.4. The van der Waals surface area contributed by atoms with Gasteiger partial charge in [0, 0.05) is 13.1 Å². The van der Waals surface area contributed by atoms with Crippen molar-refractivity contribution in [1.82, 2.24) is 4.90 Å². The molecule has 0 spiro atoms. The van der Waals surface area contributed by atoms with Crippen molar-refractivity contribution < 1.29 is 34.8 Å². The van der Waals surface area contributed by atoms with Crippen LogP contribution in [0.4, 0.5) is 0 Å². The molecule has 0 saturated carbocycles. The lowest BCUT2D eigenvalue weighted by molar-refractivity contribution is -0.147. The summed E-state index contributed by atoms with van der Waals surface area (Å²) in [4.78, 5) is 32.6. The van der Waals surface area contributed by atoms with E-state index in [2.05, 4.69) is 0 Å². The third-order valence-corrected chi connectivity index (χ3v) is 2.12. The molecule has 8 heteroatoms. The Morgan fingerprint density at radius 3 is 1.59 bits per heavy atom. The molecule has 4 N–H and O–H groups in total. The van der Waals surface area contributed by atoms with Crippen LogP contribution in [-0.2, 0) is 14.4 Å². The Kier molecular flexibility index (Phi) is 6.83. The third-order valence-electron chi connectivity index (χ3n) is 2.12. The van der Waals surface area contributed by atoms with Crippen LogP contribution >= 0.6 is 0 Å². The number of aliphatic hydroxyl groups excluding tert-OH is 1. The molecule has 0 rings (SSSR count). The average Bonchev–Trinajstić information content (AvgIpc) is 2.21. The molecule has 0 amide bonds. The standard InChI is InChI=1S/C9H15NO7/c11-5-6(9(16)17)10(3-1-7(12)13)4-2-8(14)15/h6,11H,1-5H2,(H,12,13)(H,14,15)(H,16,17)/t6-/m0/s1. The summed E-state index contributed by atoms with van der Waals surface area (Å²) < 4.78 is 0. The van der Waals surface area contributed by atoms with E-state index in [0.29, 0.717) is 0 Å². The molecule has 17 heavy (non-hydrogen) atoms. The molecule has 0 aliphatic rings. The molecular formula is C9H15NO7. The van der Waals surface area contributed by atoms with Crippen LogP contribution < -0.4 is 0 Å². The van der Waals surface area contributed by atoms with Crippen molar-refractivity contribution >= 4 is 17.9 Å². The molecule has 0 aliphatic heterocycles. The molecule has 0 aromatic carbocycles. The molecule has 0 bridgehead atoms. The molecule has 8 nitrogen and oxygen atoms in total. The van der Waals surface area contributed by atoms with E-state index in [9.17, 15) is 14.4 Å². The van der Waals surface area contributed by atoms with Crippen molar-refractivity contribution in [2.24, 2.45) is 0 Å². The van der Waals surface area contributed by atoms with Crippen molar-refractivity contribution in [3.8, 4) is 0 Å². The maximum Gasteiger partial charge on any atom is 0.323 e. The minimum atomic E-state index is -1.32. The van der Waals surface area contributed by atoms with Crippen LogP contribution in [0.2, 0.25) is 0 Å². The van der Waals surface area contributed by atoms with Gasteiger partial charge in [-0.3, -0.25) is 19.3 Å². The normalized spacial score (nSPS) is 12.4. The first-order valence-corrected chi connectivity index (χ1v) is 4.89. The summed E-state index contributed by atoms with van der Waals surface area (Å²) in [6, 6.07) is -1.28. The highest BCUT2D eigenvalue weighted by Gasteiger charge is 2.25. The number of carboxylic acid groups (broad SMARTS) is 3. The summed E-state index contributed by atoms with van der Waals surface area (Å²) in [5.41, 5.74) is 0. The maximum atomic E-state index is 10.8. The minimum absolute atomic E-state index is 0.125. The van der Waals surface area contributed by atoms with Gasteiger partial charge in [0.25, 0.3) is 0 Å². The van der Waals surface area contributed by atoms with Gasteiger partial charge in [-0.1, -0.05) is 0 Å². The van der Waals surface area contributed by atoms with E-state index in [-0.39, 0.29) is 25.9 Å². The largest absolute Gasteiger partial charge is 0.481 e. The summed E-state index contributed by atoms with van der Waals surface area (Å²) in [7, 11) is 0. The molecule has 0 radical (unpaired) electrons. The van der Waals surface area contributed by atoms with E-state index in [0.717, 1.165) is 4.90 Å². The molecule has 1 atom stereocenters. The number of rotatable bonds is 9. The van der Waals surface area contributed by atoms with Gasteiger partial charge >= 0.3 is 17.9 Å². The van der Waals surface area contributed by atoms with Crippen LogP contribution in [0, 0.1) is 0 Å². The summed E-state index contributed by atoms with van der Waals surface area (Å²) >= 11 is 0. The van der Waals surface area contributed by atoms with Crippen molar-refractivity contribution in [1.29, 1.82) is 0 Å². The van der Waals surface area contributed by atoms with Gasteiger partial charge in [0.05, 0.1) is 19.4 Å². The Hall–Kier alpha value is -1.67. The van der Waals surface area contributed by atoms with E-state index in [4.69, 9.17) is 20.4 Å². The lowest BCUT2D eigenvalue weighted by Gasteiger charge is -2.26. The van der Waals surface area contributed by atoms with Gasteiger partial charge in [-0.05, 0) is 0 Å². The van der Waals surface area contributed by atoms with Gasteiger partial charge in [-0.25, -0.2) is 0 Å². The number of hydrogen-bond acceptors (Lipinski definition) is 5. The Morgan fingerprint density at radius 2 is 1.35 bits per heavy atom. The zero-order chi connectivity index (χ0) is 13.4. The van der Waals surface area contributed by atoms with E-state index in [1.54, 1.807) is 0 Å². The fraction of sp³-hybridized carbons (Fsp3) is 0.667. The number of nitrogens with zero attached hydrogens (tertiary/aromatic N) is 1.